The second-order valence-corrected chi connectivity index (χ2v) is 8.38. The van der Waals surface area contributed by atoms with Gasteiger partial charge in [0.15, 0.2) is 11.5 Å². The van der Waals surface area contributed by atoms with Crippen molar-refractivity contribution in [2.75, 3.05) is 6.79 Å². The van der Waals surface area contributed by atoms with Crippen molar-refractivity contribution in [2.24, 2.45) is 0 Å². The first-order valence-corrected chi connectivity index (χ1v) is 11.5. The molecular weight excluding hydrogens is 404 g/mol. The van der Waals surface area contributed by atoms with Gasteiger partial charge in [0.1, 0.15) is 6.04 Å². The molecule has 0 bridgehead atoms. The molecule has 0 unspecified atom stereocenters. The van der Waals surface area contributed by atoms with Gasteiger partial charge in [-0.05, 0) is 61.9 Å². The van der Waals surface area contributed by atoms with Gasteiger partial charge in [0.25, 0.3) is 0 Å². The summed E-state index contributed by atoms with van der Waals surface area (Å²) in [6, 6.07) is 13.3. The Kier molecular flexibility index (Phi) is 8.14. The highest BCUT2D eigenvalue weighted by molar-refractivity contribution is 5.88. The van der Waals surface area contributed by atoms with Crippen molar-refractivity contribution in [3.8, 4) is 11.5 Å². The number of nitrogens with one attached hydrogen (secondary N) is 1. The number of aryl methyl sites for hydroxylation is 2. The van der Waals surface area contributed by atoms with Gasteiger partial charge in [-0.3, -0.25) is 9.59 Å². The molecule has 1 heterocycles. The third kappa shape index (κ3) is 5.81. The minimum Gasteiger partial charge on any atom is -0.454 e. The second kappa shape index (κ2) is 11.0. The number of ether oxygens (including phenoxy) is 2. The monoisotopic (exact) mass is 438 g/mol. The molecule has 172 valence electrons. The zero-order valence-electron chi connectivity index (χ0n) is 19.5. The highest BCUT2D eigenvalue weighted by Gasteiger charge is 2.29. The third-order valence-electron chi connectivity index (χ3n) is 6.05. The van der Waals surface area contributed by atoms with Gasteiger partial charge in [-0.25, -0.2) is 0 Å². The van der Waals surface area contributed by atoms with Crippen LogP contribution in [0.5, 0.6) is 11.5 Å². The Balaban J connectivity index is 1.77. The van der Waals surface area contributed by atoms with E-state index in [-0.39, 0.29) is 24.6 Å². The lowest BCUT2D eigenvalue weighted by Crippen LogP contribution is -2.50. The Hall–Kier alpha value is -3.02. The average molecular weight is 439 g/mol. The topological polar surface area (TPSA) is 67.9 Å². The SMILES string of the molecule is CC[C@H](C(=O)N[C@@H](C)CC)N(Cc1ccccc1C)C(=O)CCc1ccc2c(c1)OCO2. The number of amides is 2. The molecule has 6 heteroatoms. The van der Waals surface area contributed by atoms with Gasteiger partial charge >= 0.3 is 0 Å². The lowest BCUT2D eigenvalue weighted by Gasteiger charge is -2.32. The van der Waals surface area contributed by atoms with Gasteiger partial charge in [-0.2, -0.15) is 0 Å². The van der Waals surface area contributed by atoms with Crippen LogP contribution < -0.4 is 14.8 Å². The molecule has 0 aromatic heterocycles. The van der Waals surface area contributed by atoms with Crippen LogP contribution in [0.3, 0.4) is 0 Å². The Bertz CT molecular complexity index is 943. The summed E-state index contributed by atoms with van der Waals surface area (Å²) in [6.45, 7) is 8.65. The van der Waals surface area contributed by atoms with Crippen LogP contribution in [0.4, 0.5) is 0 Å². The molecule has 0 saturated heterocycles. The van der Waals surface area contributed by atoms with Gasteiger partial charge < -0.3 is 19.7 Å². The summed E-state index contributed by atoms with van der Waals surface area (Å²) < 4.78 is 10.8. The molecule has 1 aliphatic heterocycles. The molecular formula is C26H34N2O4. The predicted octanol–water partition coefficient (Wildman–Crippen LogP) is 4.38. The molecule has 1 aliphatic rings. The molecule has 1 N–H and O–H groups in total. The number of fused-ring (bicyclic) bond motifs is 1. The second-order valence-electron chi connectivity index (χ2n) is 8.38. The molecule has 3 rings (SSSR count). The van der Waals surface area contributed by atoms with Crippen LogP contribution in [0.25, 0.3) is 0 Å². The molecule has 32 heavy (non-hydrogen) atoms. The molecule has 6 nitrogen and oxygen atoms in total. The standard InChI is InChI=1S/C26H34N2O4/c1-5-19(4)27-26(30)22(6-2)28(16-21-10-8-7-9-18(21)3)25(29)14-12-20-11-13-23-24(15-20)32-17-31-23/h7-11,13,15,19,22H,5-6,12,14,16-17H2,1-4H3,(H,27,30)/t19-,22+/m0/s1. The smallest absolute Gasteiger partial charge is 0.243 e. The van der Waals surface area contributed by atoms with Gasteiger partial charge in [0.2, 0.25) is 18.6 Å². The first-order valence-electron chi connectivity index (χ1n) is 11.5. The van der Waals surface area contributed by atoms with E-state index in [0.717, 1.165) is 28.9 Å². The van der Waals surface area contributed by atoms with Crippen molar-refractivity contribution in [3.63, 3.8) is 0 Å². The minimum absolute atomic E-state index is 0.0305. The van der Waals surface area contributed by atoms with E-state index in [1.54, 1.807) is 4.90 Å². The van der Waals surface area contributed by atoms with E-state index in [0.29, 0.717) is 31.6 Å². The zero-order chi connectivity index (χ0) is 23.1. The maximum Gasteiger partial charge on any atom is 0.243 e. The van der Waals surface area contributed by atoms with Crippen LogP contribution in [0.2, 0.25) is 0 Å². The number of rotatable bonds is 10. The van der Waals surface area contributed by atoms with Crippen LogP contribution in [-0.2, 0) is 22.6 Å². The molecule has 0 saturated carbocycles. The van der Waals surface area contributed by atoms with Crippen molar-refractivity contribution in [3.05, 3.63) is 59.2 Å². The quantitative estimate of drug-likeness (QED) is 0.598. The minimum atomic E-state index is -0.507. The largest absolute Gasteiger partial charge is 0.454 e. The van der Waals surface area contributed by atoms with Crippen molar-refractivity contribution in [2.45, 2.75) is 72.0 Å². The number of benzene rings is 2. The average Bonchev–Trinajstić information content (AvgIpc) is 3.26. The maximum absolute atomic E-state index is 13.4. The molecule has 2 amide bonds. The Morgan fingerprint density at radius 2 is 1.81 bits per heavy atom. The van der Waals surface area contributed by atoms with Crippen molar-refractivity contribution in [1.82, 2.24) is 10.2 Å². The predicted molar refractivity (Wildman–Crippen MR) is 125 cm³/mol. The van der Waals surface area contributed by atoms with E-state index in [4.69, 9.17) is 9.47 Å². The lowest BCUT2D eigenvalue weighted by atomic mass is 10.0. The molecule has 2 aromatic carbocycles. The van der Waals surface area contributed by atoms with Crippen molar-refractivity contribution < 1.29 is 19.1 Å². The normalized spacial score (nSPS) is 14.0. The summed E-state index contributed by atoms with van der Waals surface area (Å²) in [5, 5.41) is 3.06. The highest BCUT2D eigenvalue weighted by atomic mass is 16.7. The molecule has 2 aromatic rings. The zero-order valence-corrected chi connectivity index (χ0v) is 19.5. The summed E-state index contributed by atoms with van der Waals surface area (Å²) in [4.78, 5) is 28.2. The summed E-state index contributed by atoms with van der Waals surface area (Å²) in [7, 11) is 0. The van der Waals surface area contributed by atoms with Gasteiger partial charge in [0, 0.05) is 19.0 Å². The van der Waals surface area contributed by atoms with Crippen LogP contribution in [0.15, 0.2) is 42.5 Å². The van der Waals surface area contributed by atoms with E-state index in [1.807, 2.05) is 70.2 Å². The van der Waals surface area contributed by atoms with Crippen molar-refractivity contribution >= 4 is 11.8 Å². The van der Waals surface area contributed by atoms with Crippen LogP contribution in [-0.4, -0.2) is 35.6 Å². The lowest BCUT2D eigenvalue weighted by molar-refractivity contribution is -0.141. The third-order valence-corrected chi connectivity index (χ3v) is 6.05. The van der Waals surface area contributed by atoms with E-state index in [9.17, 15) is 9.59 Å². The number of carbonyl (C=O) groups is 2. The highest BCUT2D eigenvalue weighted by Crippen LogP contribution is 2.32. The van der Waals surface area contributed by atoms with Crippen LogP contribution >= 0.6 is 0 Å². The number of hydrogen-bond acceptors (Lipinski definition) is 4. The fourth-order valence-electron chi connectivity index (χ4n) is 3.82. The van der Waals surface area contributed by atoms with Crippen molar-refractivity contribution in [1.29, 1.82) is 0 Å². The summed E-state index contributed by atoms with van der Waals surface area (Å²) in [5.41, 5.74) is 3.17. The van der Waals surface area contributed by atoms with E-state index in [2.05, 4.69) is 5.32 Å². The van der Waals surface area contributed by atoms with Gasteiger partial charge in [0.05, 0.1) is 0 Å². The number of nitrogens with zero attached hydrogens (tertiary/aromatic N) is 1. The number of hydrogen-bond donors (Lipinski definition) is 1. The fraction of sp³-hybridized carbons (Fsp3) is 0.462. The van der Waals surface area contributed by atoms with Crippen LogP contribution in [0.1, 0.15) is 56.7 Å². The maximum atomic E-state index is 13.4. The Labute approximate surface area is 190 Å². The first kappa shape index (κ1) is 23.6. The van der Waals surface area contributed by atoms with Crippen LogP contribution in [0, 0.1) is 6.92 Å². The molecule has 0 radical (unpaired) electrons. The van der Waals surface area contributed by atoms with E-state index in [1.165, 1.54) is 0 Å². The molecule has 0 fully saturated rings. The molecule has 0 aliphatic carbocycles. The summed E-state index contributed by atoms with van der Waals surface area (Å²) >= 11 is 0. The summed E-state index contributed by atoms with van der Waals surface area (Å²) in [5.74, 6) is 1.32. The number of carbonyl (C=O) groups excluding carboxylic acids is 2. The fourth-order valence-corrected chi connectivity index (χ4v) is 3.82. The summed E-state index contributed by atoms with van der Waals surface area (Å²) in [6.07, 6.45) is 2.30. The van der Waals surface area contributed by atoms with Gasteiger partial charge in [-0.15, -0.1) is 0 Å². The molecule has 2 atom stereocenters. The van der Waals surface area contributed by atoms with Gasteiger partial charge in [-0.1, -0.05) is 44.2 Å². The van der Waals surface area contributed by atoms with E-state index >= 15 is 0 Å². The Morgan fingerprint density at radius 1 is 1.06 bits per heavy atom. The van der Waals surface area contributed by atoms with E-state index < -0.39 is 6.04 Å². The first-order chi connectivity index (χ1) is 15.4. The molecule has 0 spiro atoms. The Morgan fingerprint density at radius 3 is 2.53 bits per heavy atom.